The summed E-state index contributed by atoms with van der Waals surface area (Å²) in [5.74, 6) is 0.871. The maximum Gasteiger partial charge on any atom is 0.238 e. The Kier molecular flexibility index (Phi) is 5.62. The fraction of sp³-hybridized carbons (Fsp3) is 0.462. The van der Waals surface area contributed by atoms with Gasteiger partial charge in [-0.15, -0.1) is 0 Å². The number of hydrogen-bond acceptors (Lipinski definition) is 3. The first-order chi connectivity index (χ1) is 8.45. The topological polar surface area (TPSA) is 41.6 Å². The molecule has 0 aromatic heterocycles. The van der Waals surface area contributed by atoms with Gasteiger partial charge in [-0.05, 0) is 30.7 Å². The molecule has 0 saturated heterocycles. The van der Waals surface area contributed by atoms with Crippen molar-refractivity contribution in [2.24, 2.45) is 0 Å². The number of rotatable bonds is 5. The van der Waals surface area contributed by atoms with E-state index in [0.29, 0.717) is 6.54 Å². The van der Waals surface area contributed by atoms with E-state index in [0.717, 1.165) is 15.8 Å². The second-order valence-corrected chi connectivity index (χ2v) is 5.15. The second kappa shape index (κ2) is 6.75. The normalized spacial score (nSPS) is 12.1. The molecular formula is C13H19BrN2O2. The van der Waals surface area contributed by atoms with Crippen LogP contribution >= 0.6 is 15.9 Å². The van der Waals surface area contributed by atoms with E-state index in [1.807, 2.05) is 25.1 Å². The molecule has 1 amide bonds. The largest absolute Gasteiger partial charge is 0.497 e. The van der Waals surface area contributed by atoms with Gasteiger partial charge in [-0.1, -0.05) is 15.9 Å². The quantitative estimate of drug-likeness (QED) is 0.904. The summed E-state index contributed by atoms with van der Waals surface area (Å²) < 4.78 is 6.18. The molecule has 1 rings (SSSR count). The van der Waals surface area contributed by atoms with Gasteiger partial charge in [0.25, 0.3) is 0 Å². The molecule has 4 nitrogen and oxygen atoms in total. The number of nitrogens with one attached hydrogen (secondary N) is 1. The zero-order chi connectivity index (χ0) is 13.7. The van der Waals surface area contributed by atoms with Crippen molar-refractivity contribution in [1.29, 1.82) is 0 Å². The fourth-order valence-corrected chi connectivity index (χ4v) is 1.94. The van der Waals surface area contributed by atoms with Crippen LogP contribution in [0.3, 0.4) is 0 Å². The summed E-state index contributed by atoms with van der Waals surface area (Å²) in [7, 11) is 5.14. The van der Waals surface area contributed by atoms with Gasteiger partial charge in [-0.2, -0.15) is 0 Å². The monoisotopic (exact) mass is 314 g/mol. The van der Waals surface area contributed by atoms with Crippen molar-refractivity contribution in [2.45, 2.75) is 19.5 Å². The average molecular weight is 315 g/mol. The van der Waals surface area contributed by atoms with Gasteiger partial charge >= 0.3 is 0 Å². The molecule has 1 aromatic carbocycles. The maximum absolute atomic E-state index is 11.7. The number of hydrogen-bond donors (Lipinski definition) is 1. The first-order valence-corrected chi connectivity index (χ1v) is 6.52. The molecule has 0 heterocycles. The van der Waals surface area contributed by atoms with Crippen LogP contribution in [-0.4, -0.2) is 38.1 Å². The van der Waals surface area contributed by atoms with Crippen molar-refractivity contribution < 1.29 is 9.53 Å². The van der Waals surface area contributed by atoms with Crippen LogP contribution in [0.1, 0.15) is 12.5 Å². The lowest BCUT2D eigenvalue weighted by molar-refractivity contribution is -0.130. The Bertz CT molecular complexity index is 421. The lowest BCUT2D eigenvalue weighted by atomic mass is 10.2. The van der Waals surface area contributed by atoms with Gasteiger partial charge < -0.3 is 15.0 Å². The molecule has 1 atom stereocenters. The molecule has 1 aromatic rings. The zero-order valence-electron chi connectivity index (χ0n) is 11.2. The molecule has 0 aliphatic rings. The van der Waals surface area contributed by atoms with Gasteiger partial charge in [0.15, 0.2) is 0 Å². The van der Waals surface area contributed by atoms with E-state index < -0.39 is 0 Å². The molecule has 5 heteroatoms. The Morgan fingerprint density at radius 1 is 1.50 bits per heavy atom. The van der Waals surface area contributed by atoms with Gasteiger partial charge in [0.2, 0.25) is 5.91 Å². The maximum atomic E-state index is 11.7. The van der Waals surface area contributed by atoms with Crippen LogP contribution in [0.25, 0.3) is 0 Å². The summed E-state index contributed by atoms with van der Waals surface area (Å²) in [4.78, 5) is 13.3. The van der Waals surface area contributed by atoms with E-state index in [1.54, 1.807) is 26.1 Å². The van der Waals surface area contributed by atoms with Crippen molar-refractivity contribution >= 4 is 21.8 Å². The molecule has 100 valence electrons. The molecule has 0 saturated carbocycles. The summed E-state index contributed by atoms with van der Waals surface area (Å²) >= 11 is 3.48. The van der Waals surface area contributed by atoms with Crippen molar-refractivity contribution in [3.05, 3.63) is 28.2 Å². The first kappa shape index (κ1) is 15.0. The SMILES string of the molecule is COc1ccc(Br)c(CNC(C)C(=O)N(C)C)c1. The highest BCUT2D eigenvalue weighted by Crippen LogP contribution is 2.22. The number of carbonyl (C=O) groups excluding carboxylic acids is 1. The lowest BCUT2D eigenvalue weighted by Gasteiger charge is -2.18. The summed E-state index contributed by atoms with van der Waals surface area (Å²) in [6, 6.07) is 5.57. The smallest absolute Gasteiger partial charge is 0.238 e. The number of amides is 1. The third-order valence-electron chi connectivity index (χ3n) is 2.66. The number of benzene rings is 1. The molecular weight excluding hydrogens is 296 g/mol. The van der Waals surface area contributed by atoms with Crippen LogP contribution in [0.4, 0.5) is 0 Å². The first-order valence-electron chi connectivity index (χ1n) is 5.72. The van der Waals surface area contributed by atoms with Crippen LogP contribution in [0.5, 0.6) is 5.75 Å². The van der Waals surface area contributed by atoms with E-state index in [4.69, 9.17) is 4.74 Å². The fourth-order valence-electron chi connectivity index (χ4n) is 1.55. The van der Waals surface area contributed by atoms with Gasteiger partial charge in [0, 0.05) is 25.1 Å². The third-order valence-corrected chi connectivity index (χ3v) is 3.44. The average Bonchev–Trinajstić information content (AvgIpc) is 2.36. The van der Waals surface area contributed by atoms with Gasteiger partial charge in [-0.25, -0.2) is 0 Å². The van der Waals surface area contributed by atoms with Gasteiger partial charge in [0.1, 0.15) is 5.75 Å². The predicted molar refractivity (Wildman–Crippen MR) is 75.7 cm³/mol. The molecule has 1 N–H and O–H groups in total. The van der Waals surface area contributed by atoms with Crippen LogP contribution in [-0.2, 0) is 11.3 Å². The highest BCUT2D eigenvalue weighted by atomic mass is 79.9. The Balaban J connectivity index is 2.65. The number of nitrogens with zero attached hydrogens (tertiary/aromatic N) is 1. The molecule has 0 bridgehead atoms. The Morgan fingerprint density at radius 2 is 2.17 bits per heavy atom. The molecule has 0 spiro atoms. The Morgan fingerprint density at radius 3 is 2.72 bits per heavy atom. The number of ether oxygens (including phenoxy) is 1. The van der Waals surface area contributed by atoms with Crippen molar-refractivity contribution in [1.82, 2.24) is 10.2 Å². The van der Waals surface area contributed by atoms with Crippen molar-refractivity contribution in [3.63, 3.8) is 0 Å². The van der Waals surface area contributed by atoms with Crippen LogP contribution < -0.4 is 10.1 Å². The number of halogens is 1. The molecule has 0 aliphatic carbocycles. The number of methoxy groups -OCH3 is 1. The number of carbonyl (C=O) groups is 1. The minimum absolute atomic E-state index is 0.0639. The van der Waals surface area contributed by atoms with Crippen molar-refractivity contribution in [2.75, 3.05) is 21.2 Å². The summed E-state index contributed by atoms with van der Waals surface area (Å²) in [6.07, 6.45) is 0. The van der Waals surface area contributed by atoms with Gasteiger partial charge in [0.05, 0.1) is 13.2 Å². The van der Waals surface area contributed by atoms with E-state index in [1.165, 1.54) is 0 Å². The standard InChI is InChI=1S/C13H19BrN2O2/c1-9(13(17)16(2)3)15-8-10-7-11(18-4)5-6-12(10)14/h5-7,9,15H,8H2,1-4H3. The predicted octanol–water partition coefficient (Wildman–Crippen LogP) is 2.02. The van der Waals surface area contributed by atoms with E-state index in [-0.39, 0.29) is 11.9 Å². The van der Waals surface area contributed by atoms with Crippen LogP contribution in [0, 0.1) is 0 Å². The molecule has 1 unspecified atom stereocenters. The highest BCUT2D eigenvalue weighted by molar-refractivity contribution is 9.10. The lowest BCUT2D eigenvalue weighted by Crippen LogP contribution is -2.41. The highest BCUT2D eigenvalue weighted by Gasteiger charge is 2.14. The van der Waals surface area contributed by atoms with E-state index in [2.05, 4.69) is 21.2 Å². The third kappa shape index (κ3) is 3.99. The summed E-state index contributed by atoms with van der Waals surface area (Å²) in [6.45, 7) is 2.47. The second-order valence-electron chi connectivity index (χ2n) is 4.29. The summed E-state index contributed by atoms with van der Waals surface area (Å²) in [5.41, 5.74) is 1.06. The Labute approximate surface area is 116 Å². The molecule has 0 radical (unpaired) electrons. The summed E-state index contributed by atoms with van der Waals surface area (Å²) in [5, 5.41) is 3.20. The Hall–Kier alpha value is -1.07. The van der Waals surface area contributed by atoms with E-state index >= 15 is 0 Å². The van der Waals surface area contributed by atoms with Crippen LogP contribution in [0.2, 0.25) is 0 Å². The molecule has 18 heavy (non-hydrogen) atoms. The number of likely N-dealkylation sites (N-methyl/N-ethyl adjacent to an activating group) is 1. The van der Waals surface area contributed by atoms with Gasteiger partial charge in [-0.3, -0.25) is 4.79 Å². The molecule has 0 aliphatic heterocycles. The zero-order valence-corrected chi connectivity index (χ0v) is 12.7. The van der Waals surface area contributed by atoms with E-state index in [9.17, 15) is 4.79 Å². The molecule has 0 fully saturated rings. The van der Waals surface area contributed by atoms with Crippen molar-refractivity contribution in [3.8, 4) is 5.75 Å². The minimum Gasteiger partial charge on any atom is -0.497 e. The van der Waals surface area contributed by atoms with Crippen LogP contribution in [0.15, 0.2) is 22.7 Å². The minimum atomic E-state index is -0.210.